The minimum absolute atomic E-state index is 0.344. The number of hydrogen-bond donors (Lipinski definition) is 0. The summed E-state index contributed by atoms with van der Waals surface area (Å²) in [5.41, 5.74) is 6.04. The van der Waals surface area contributed by atoms with Crippen molar-refractivity contribution < 1.29 is 17.6 Å². The van der Waals surface area contributed by atoms with Crippen molar-refractivity contribution in [3.05, 3.63) is 96.6 Å². The van der Waals surface area contributed by atoms with E-state index in [9.17, 15) is 0 Å². The third kappa shape index (κ3) is 7.24. The second kappa shape index (κ2) is 17.4. The van der Waals surface area contributed by atoms with Crippen LogP contribution in [0.1, 0.15) is 79.1 Å². The summed E-state index contributed by atoms with van der Waals surface area (Å²) in [5.74, 6) is 1.29. The molecule has 10 aromatic rings. The van der Waals surface area contributed by atoms with Gasteiger partial charge in [-0.1, -0.05) is 115 Å². The molecule has 0 saturated heterocycles. The van der Waals surface area contributed by atoms with E-state index in [0.717, 1.165) is 80.0 Å². The van der Waals surface area contributed by atoms with Gasteiger partial charge in [-0.05, 0) is 82.8 Å². The first-order valence-corrected chi connectivity index (χ1v) is 28.5. The lowest BCUT2D eigenvalue weighted by Gasteiger charge is -2.35. The molecule has 0 amide bonds. The van der Waals surface area contributed by atoms with Crippen molar-refractivity contribution >= 4 is 109 Å². The van der Waals surface area contributed by atoms with Gasteiger partial charge in [0.15, 0.2) is 0 Å². The summed E-state index contributed by atoms with van der Waals surface area (Å²) < 4.78 is 65.0. The summed E-state index contributed by atoms with van der Waals surface area (Å²) in [7, 11) is -2.52. The highest BCUT2D eigenvalue weighted by molar-refractivity contribution is 7.31. The SMILES string of the molecule is CCCCC(CC)C[Si]1(CC(CC)CCCC)c2cc(-c3cc(F)c(-c4cc5ccccc5o4)c4nsnc34)sc2-c2sc(-c3cc(F)c(-c4cc5ccccc5o4)c4nsnc34)cc21. The predicted octanol–water partition coefficient (Wildman–Crippen LogP) is 16.2. The van der Waals surface area contributed by atoms with E-state index in [1.165, 1.54) is 58.7 Å². The number of rotatable bonds is 16. The summed E-state index contributed by atoms with van der Waals surface area (Å²) in [6.07, 6.45) is 9.39. The third-order valence-electron chi connectivity index (χ3n) is 13.9. The summed E-state index contributed by atoms with van der Waals surface area (Å²) >= 11 is 5.73. The minimum Gasteiger partial charge on any atom is -0.456 e. The maximum atomic E-state index is 16.8. The molecule has 0 fully saturated rings. The summed E-state index contributed by atoms with van der Waals surface area (Å²) in [6.45, 7) is 9.31. The Hall–Kier alpha value is -4.92. The van der Waals surface area contributed by atoms with Crippen molar-refractivity contribution in [2.75, 3.05) is 0 Å². The maximum absolute atomic E-state index is 16.8. The maximum Gasteiger partial charge on any atom is 0.140 e. The number of furan rings is 2. The number of hydrogen-bond acceptors (Lipinski definition) is 10. The molecule has 0 N–H and O–H groups in total. The van der Waals surface area contributed by atoms with Gasteiger partial charge in [0.2, 0.25) is 0 Å². The van der Waals surface area contributed by atoms with Gasteiger partial charge in [-0.3, -0.25) is 0 Å². The monoisotopic (exact) mass is 954 g/mol. The van der Waals surface area contributed by atoms with Crippen LogP contribution in [0.3, 0.4) is 0 Å². The zero-order chi connectivity index (χ0) is 44.4. The first kappa shape index (κ1) is 42.7. The molecule has 1 aliphatic heterocycles. The van der Waals surface area contributed by atoms with E-state index in [1.54, 1.807) is 34.8 Å². The van der Waals surface area contributed by atoms with Crippen LogP contribution in [0.15, 0.2) is 93.8 Å². The van der Waals surface area contributed by atoms with Crippen molar-refractivity contribution in [1.82, 2.24) is 17.5 Å². The average molecular weight is 955 g/mol. The Kier molecular flexibility index (Phi) is 11.4. The topological polar surface area (TPSA) is 77.8 Å². The quantitative estimate of drug-likeness (QED) is 0.0898. The van der Waals surface area contributed by atoms with Crippen LogP contribution in [0.2, 0.25) is 12.1 Å². The van der Waals surface area contributed by atoms with E-state index >= 15 is 8.78 Å². The Morgan fingerprint density at radius 3 is 1.40 bits per heavy atom. The molecule has 65 heavy (non-hydrogen) atoms. The zero-order valence-electron chi connectivity index (χ0n) is 36.8. The lowest BCUT2D eigenvalue weighted by Crippen LogP contribution is -2.56. The second-order valence-electron chi connectivity index (χ2n) is 17.8. The van der Waals surface area contributed by atoms with Crippen molar-refractivity contribution in [3.63, 3.8) is 0 Å². The van der Waals surface area contributed by atoms with Gasteiger partial charge in [0.1, 0.15) is 64.5 Å². The van der Waals surface area contributed by atoms with Crippen LogP contribution in [-0.4, -0.2) is 25.6 Å². The molecule has 7 heterocycles. The zero-order valence-corrected chi connectivity index (χ0v) is 41.1. The highest BCUT2D eigenvalue weighted by Gasteiger charge is 2.50. The van der Waals surface area contributed by atoms with Crippen LogP contribution in [0.4, 0.5) is 8.78 Å². The number of benzene rings is 4. The fourth-order valence-corrected chi connectivity index (χ4v) is 22.1. The lowest BCUT2D eigenvalue weighted by molar-refractivity contribution is 0.469. The standard InChI is InChI=1S/C52H48F2N4O2S4Si/c1-5-9-15-29(7-3)27-65(28-30(8-4)16-10-6-2)43-25-41(33-23-35(53)45(49-47(33)55-63-57-49)39-21-31-17-11-13-19-37(31)59-39)61-51(43)52-44(65)26-42(62-52)34-24-36(54)46(50-48(34)56-64-58-50)40-22-32-18-12-14-20-38(32)60-40/h11-14,17-26,29-30H,5-10,15-16,27-28H2,1-4H3. The molecule has 2 unspecified atom stereocenters. The molecule has 6 nitrogen and oxygen atoms in total. The van der Waals surface area contributed by atoms with Crippen LogP contribution >= 0.6 is 46.1 Å². The highest BCUT2D eigenvalue weighted by atomic mass is 32.1. The molecule has 4 aromatic carbocycles. The van der Waals surface area contributed by atoms with Gasteiger partial charge in [-0.25, -0.2) is 8.78 Å². The molecule has 0 saturated carbocycles. The van der Waals surface area contributed by atoms with E-state index in [1.807, 2.05) is 60.7 Å². The van der Waals surface area contributed by atoms with Crippen LogP contribution in [0, 0.1) is 23.5 Å². The van der Waals surface area contributed by atoms with Crippen molar-refractivity contribution in [2.24, 2.45) is 11.8 Å². The van der Waals surface area contributed by atoms with Crippen LogP contribution in [0.5, 0.6) is 0 Å². The van der Waals surface area contributed by atoms with Gasteiger partial charge in [0.05, 0.1) is 34.6 Å². The molecule has 1 aliphatic rings. The molecular formula is C52H48F2N4O2S4Si. The molecule has 330 valence electrons. The molecule has 0 spiro atoms. The lowest BCUT2D eigenvalue weighted by atomic mass is 10.0. The van der Waals surface area contributed by atoms with E-state index < -0.39 is 8.07 Å². The smallest absolute Gasteiger partial charge is 0.140 e. The summed E-state index contributed by atoms with van der Waals surface area (Å²) in [4.78, 5) is 4.57. The normalized spacial score (nSPS) is 14.3. The minimum atomic E-state index is -2.52. The van der Waals surface area contributed by atoms with E-state index in [-0.39, 0.29) is 11.6 Å². The molecule has 2 atom stereocenters. The van der Waals surface area contributed by atoms with Crippen molar-refractivity contribution in [1.29, 1.82) is 0 Å². The van der Waals surface area contributed by atoms with E-state index in [4.69, 9.17) is 26.3 Å². The number of thiophene rings is 2. The molecule has 11 rings (SSSR count). The summed E-state index contributed by atoms with van der Waals surface area (Å²) in [5, 5.41) is 4.77. The van der Waals surface area contributed by atoms with E-state index in [2.05, 4.69) is 39.8 Å². The first-order chi connectivity index (χ1) is 31.8. The Balaban J connectivity index is 1.10. The van der Waals surface area contributed by atoms with Gasteiger partial charge in [-0.2, -0.15) is 17.5 Å². The number of aromatic nitrogens is 4. The fraction of sp³-hybridized carbons (Fsp3) is 0.308. The third-order valence-corrected chi connectivity index (χ3v) is 23.2. The van der Waals surface area contributed by atoms with Crippen LogP contribution < -0.4 is 10.4 Å². The number of nitrogens with zero attached hydrogens (tertiary/aromatic N) is 4. The predicted molar refractivity (Wildman–Crippen MR) is 272 cm³/mol. The van der Waals surface area contributed by atoms with Gasteiger partial charge in [0, 0.05) is 41.4 Å². The van der Waals surface area contributed by atoms with Crippen molar-refractivity contribution in [2.45, 2.75) is 91.1 Å². The number of fused-ring (bicyclic) bond motifs is 7. The Morgan fingerprint density at radius 1 is 0.554 bits per heavy atom. The molecule has 0 aliphatic carbocycles. The first-order valence-electron chi connectivity index (χ1n) is 23.0. The Morgan fingerprint density at radius 2 is 0.985 bits per heavy atom. The average Bonchev–Trinajstić information content (AvgIpc) is 4.18. The fourth-order valence-electron chi connectivity index (χ4n) is 10.5. The van der Waals surface area contributed by atoms with Gasteiger partial charge in [0.25, 0.3) is 0 Å². The van der Waals surface area contributed by atoms with E-state index in [0.29, 0.717) is 67.7 Å². The number of unbranched alkanes of at least 4 members (excludes halogenated alkanes) is 2. The van der Waals surface area contributed by atoms with Gasteiger partial charge in [-0.15, -0.1) is 22.7 Å². The number of halogens is 2. The summed E-state index contributed by atoms with van der Waals surface area (Å²) in [6, 6.07) is 29.7. The molecule has 6 aromatic heterocycles. The molecule has 13 heteroatoms. The van der Waals surface area contributed by atoms with Gasteiger partial charge >= 0.3 is 0 Å². The molecular weight excluding hydrogens is 907 g/mol. The largest absolute Gasteiger partial charge is 0.456 e. The van der Waals surface area contributed by atoms with Crippen LogP contribution in [0.25, 0.3) is 97.3 Å². The van der Waals surface area contributed by atoms with Gasteiger partial charge < -0.3 is 8.83 Å². The highest BCUT2D eigenvalue weighted by Crippen LogP contribution is 2.51. The molecule has 0 radical (unpaired) electrons. The van der Waals surface area contributed by atoms with Crippen molar-refractivity contribution in [3.8, 4) is 53.3 Å². The Bertz CT molecular complexity index is 3090. The Labute approximate surface area is 394 Å². The number of para-hydroxylation sites is 2. The van der Waals surface area contributed by atoms with Crippen LogP contribution in [-0.2, 0) is 0 Å². The second-order valence-corrected chi connectivity index (χ2v) is 25.0. The molecule has 0 bridgehead atoms.